The number of anilines is 1. The number of aromatic nitrogens is 2. The summed E-state index contributed by atoms with van der Waals surface area (Å²) in [4.78, 5) is 15.0. The van der Waals surface area contributed by atoms with E-state index in [0.29, 0.717) is 6.54 Å². The number of aryl methyl sites for hydroxylation is 2. The molecule has 3 rings (SSSR count). The Bertz CT molecular complexity index is 752. The molecule has 0 spiro atoms. The van der Waals surface area contributed by atoms with Crippen LogP contribution < -0.4 is 15.5 Å². The van der Waals surface area contributed by atoms with Gasteiger partial charge in [0.25, 0.3) is 0 Å². The maximum absolute atomic E-state index is 12.7. The van der Waals surface area contributed by atoms with Gasteiger partial charge in [0, 0.05) is 57.6 Å². The molecule has 0 aliphatic carbocycles. The van der Waals surface area contributed by atoms with Crippen LogP contribution in [0, 0.1) is 12.8 Å². The molecule has 8 heteroatoms. The molecule has 1 aliphatic heterocycles. The first-order valence-electron chi connectivity index (χ1n) is 9.37. The number of amides is 1. The maximum Gasteiger partial charge on any atom is 0.225 e. The molecule has 2 N–H and O–H groups in total. The SMILES string of the molecule is CCN(CCNC(=O)[C@H]1CNC[C@@H]1c1cnn(C)c1)c1cccc(C)c1.Cl.Cl. The smallest absolute Gasteiger partial charge is 0.225 e. The lowest BCUT2D eigenvalue weighted by Gasteiger charge is -2.24. The van der Waals surface area contributed by atoms with Gasteiger partial charge in [0.05, 0.1) is 12.1 Å². The quantitative estimate of drug-likeness (QED) is 0.712. The number of hydrogen-bond acceptors (Lipinski definition) is 4. The van der Waals surface area contributed by atoms with Crippen LogP contribution in [0.15, 0.2) is 36.7 Å². The van der Waals surface area contributed by atoms with Crippen LogP contribution in [-0.4, -0.2) is 48.4 Å². The molecule has 1 fully saturated rings. The van der Waals surface area contributed by atoms with Crippen LogP contribution in [0.4, 0.5) is 5.69 Å². The highest BCUT2D eigenvalue weighted by atomic mass is 35.5. The highest BCUT2D eigenvalue weighted by molar-refractivity contribution is 5.85. The van der Waals surface area contributed by atoms with Crippen molar-refractivity contribution in [3.8, 4) is 0 Å². The van der Waals surface area contributed by atoms with Crippen molar-refractivity contribution in [3.05, 3.63) is 47.8 Å². The second kappa shape index (κ2) is 11.3. The molecular weight excluding hydrogens is 397 g/mol. The Labute approximate surface area is 179 Å². The molecule has 2 aromatic rings. The minimum absolute atomic E-state index is 0. The van der Waals surface area contributed by atoms with Crippen molar-refractivity contribution in [1.82, 2.24) is 20.4 Å². The third kappa shape index (κ3) is 5.87. The van der Waals surface area contributed by atoms with Crippen molar-refractivity contribution in [1.29, 1.82) is 0 Å². The van der Waals surface area contributed by atoms with Gasteiger partial charge in [-0.3, -0.25) is 9.48 Å². The van der Waals surface area contributed by atoms with E-state index in [0.717, 1.165) is 31.7 Å². The average Bonchev–Trinajstić information content (AvgIpc) is 3.27. The molecule has 1 aromatic heterocycles. The number of nitrogens with one attached hydrogen (secondary N) is 2. The molecule has 0 bridgehead atoms. The first-order chi connectivity index (χ1) is 12.6. The number of likely N-dealkylation sites (N-methyl/N-ethyl adjacent to an activating group) is 1. The number of rotatable bonds is 7. The first-order valence-corrected chi connectivity index (χ1v) is 9.37. The molecule has 2 heterocycles. The Balaban J connectivity index is 0.00000196. The summed E-state index contributed by atoms with van der Waals surface area (Å²) in [7, 11) is 1.91. The Morgan fingerprint density at radius 2 is 2.14 bits per heavy atom. The van der Waals surface area contributed by atoms with Gasteiger partial charge < -0.3 is 15.5 Å². The van der Waals surface area contributed by atoms with Gasteiger partial charge in [-0.05, 0) is 37.1 Å². The monoisotopic (exact) mass is 427 g/mol. The molecule has 28 heavy (non-hydrogen) atoms. The Morgan fingerprint density at radius 3 is 2.79 bits per heavy atom. The second-order valence-corrected chi connectivity index (χ2v) is 7.03. The van der Waals surface area contributed by atoms with Crippen molar-refractivity contribution in [3.63, 3.8) is 0 Å². The summed E-state index contributed by atoms with van der Waals surface area (Å²) in [6, 6.07) is 8.49. The molecule has 1 saturated heterocycles. The molecule has 1 amide bonds. The summed E-state index contributed by atoms with van der Waals surface area (Å²) >= 11 is 0. The number of nitrogens with zero attached hydrogens (tertiary/aromatic N) is 3. The van der Waals surface area contributed by atoms with Gasteiger partial charge in [0.15, 0.2) is 0 Å². The highest BCUT2D eigenvalue weighted by Gasteiger charge is 2.34. The van der Waals surface area contributed by atoms with Crippen LogP contribution in [0.1, 0.15) is 24.0 Å². The van der Waals surface area contributed by atoms with E-state index in [-0.39, 0.29) is 42.6 Å². The third-order valence-corrected chi connectivity index (χ3v) is 5.13. The molecule has 1 aromatic carbocycles. The van der Waals surface area contributed by atoms with E-state index in [4.69, 9.17) is 0 Å². The number of carbonyl (C=O) groups excluding carboxylic acids is 1. The largest absolute Gasteiger partial charge is 0.370 e. The average molecular weight is 428 g/mol. The van der Waals surface area contributed by atoms with Gasteiger partial charge in [-0.2, -0.15) is 5.10 Å². The van der Waals surface area contributed by atoms with E-state index in [9.17, 15) is 4.79 Å². The summed E-state index contributed by atoms with van der Waals surface area (Å²) < 4.78 is 1.80. The summed E-state index contributed by atoms with van der Waals surface area (Å²) in [5.41, 5.74) is 3.59. The molecule has 1 aliphatic rings. The van der Waals surface area contributed by atoms with E-state index in [1.807, 2.05) is 19.4 Å². The maximum atomic E-state index is 12.7. The number of benzene rings is 1. The van der Waals surface area contributed by atoms with Crippen LogP contribution in [-0.2, 0) is 11.8 Å². The predicted octanol–water partition coefficient (Wildman–Crippen LogP) is 2.52. The van der Waals surface area contributed by atoms with Gasteiger partial charge in [-0.25, -0.2) is 0 Å². The lowest BCUT2D eigenvalue weighted by molar-refractivity contribution is -0.124. The fourth-order valence-electron chi connectivity index (χ4n) is 3.68. The van der Waals surface area contributed by atoms with E-state index in [1.54, 1.807) is 4.68 Å². The predicted molar refractivity (Wildman–Crippen MR) is 119 cm³/mol. The zero-order chi connectivity index (χ0) is 18.5. The van der Waals surface area contributed by atoms with Crippen LogP contribution in [0.25, 0.3) is 0 Å². The van der Waals surface area contributed by atoms with Crippen molar-refractivity contribution in [2.24, 2.45) is 13.0 Å². The summed E-state index contributed by atoms with van der Waals surface area (Å²) in [5.74, 6) is 0.292. The third-order valence-electron chi connectivity index (χ3n) is 5.13. The Kier molecular flexibility index (Phi) is 9.79. The van der Waals surface area contributed by atoms with Crippen molar-refractivity contribution >= 4 is 36.4 Å². The fraction of sp³-hybridized carbons (Fsp3) is 0.500. The minimum Gasteiger partial charge on any atom is -0.370 e. The van der Waals surface area contributed by atoms with E-state index < -0.39 is 0 Å². The summed E-state index contributed by atoms with van der Waals surface area (Å²) in [6.07, 6.45) is 3.88. The summed E-state index contributed by atoms with van der Waals surface area (Å²) in [5, 5.41) is 10.7. The van der Waals surface area contributed by atoms with Crippen molar-refractivity contribution in [2.45, 2.75) is 19.8 Å². The van der Waals surface area contributed by atoms with Gasteiger partial charge >= 0.3 is 0 Å². The van der Waals surface area contributed by atoms with E-state index in [2.05, 4.69) is 58.7 Å². The standard InChI is InChI=1S/C20H29N5O.2ClH/c1-4-25(17-7-5-6-15(2)10-17)9-8-22-20(26)19-13-21-12-18(19)16-11-23-24(3)14-16;;/h5-7,10-11,14,18-19,21H,4,8-9,12-13H2,1-3H3,(H,22,26);2*1H/t18-,19+;;/m1../s1. The van der Waals surface area contributed by atoms with Gasteiger partial charge in [0.1, 0.15) is 0 Å². The topological polar surface area (TPSA) is 62.2 Å². The van der Waals surface area contributed by atoms with E-state index >= 15 is 0 Å². The molecule has 0 saturated carbocycles. The van der Waals surface area contributed by atoms with Gasteiger partial charge in [-0.1, -0.05) is 12.1 Å². The normalized spacial score (nSPS) is 18.1. The Hall–Kier alpha value is -1.76. The van der Waals surface area contributed by atoms with Gasteiger partial charge in [0.2, 0.25) is 5.91 Å². The Morgan fingerprint density at radius 1 is 1.36 bits per heavy atom. The van der Waals surface area contributed by atoms with Crippen molar-refractivity contribution < 1.29 is 4.79 Å². The lowest BCUT2D eigenvalue weighted by atomic mass is 9.90. The first kappa shape index (κ1) is 24.3. The second-order valence-electron chi connectivity index (χ2n) is 7.03. The van der Waals surface area contributed by atoms with Crippen LogP contribution in [0.3, 0.4) is 0 Å². The van der Waals surface area contributed by atoms with Gasteiger partial charge in [-0.15, -0.1) is 24.8 Å². The molecule has 2 atom stereocenters. The van der Waals surface area contributed by atoms with Crippen LogP contribution in [0.2, 0.25) is 0 Å². The summed E-state index contributed by atoms with van der Waals surface area (Å²) in [6.45, 7) is 8.17. The minimum atomic E-state index is -0.0340. The zero-order valence-electron chi connectivity index (χ0n) is 16.7. The number of carbonyl (C=O) groups is 1. The number of hydrogen-bond donors (Lipinski definition) is 2. The van der Waals surface area contributed by atoms with Crippen LogP contribution >= 0.6 is 24.8 Å². The van der Waals surface area contributed by atoms with Crippen molar-refractivity contribution in [2.75, 3.05) is 37.6 Å². The molecule has 0 unspecified atom stereocenters. The highest BCUT2D eigenvalue weighted by Crippen LogP contribution is 2.27. The zero-order valence-corrected chi connectivity index (χ0v) is 18.4. The van der Waals surface area contributed by atoms with E-state index in [1.165, 1.54) is 11.3 Å². The molecule has 6 nitrogen and oxygen atoms in total. The number of halogens is 2. The molecule has 0 radical (unpaired) electrons. The van der Waals surface area contributed by atoms with Crippen LogP contribution in [0.5, 0.6) is 0 Å². The fourth-order valence-corrected chi connectivity index (χ4v) is 3.68. The molecule has 156 valence electrons. The lowest BCUT2D eigenvalue weighted by Crippen LogP contribution is -2.39. The molecular formula is C20H31Cl2N5O.